The normalized spacial score (nSPS) is 20.5. The van der Waals surface area contributed by atoms with Crippen LogP contribution in [0.15, 0.2) is 91.0 Å². The first-order chi connectivity index (χ1) is 21.2. The van der Waals surface area contributed by atoms with Gasteiger partial charge in [-0.05, 0) is 41.7 Å². The molecule has 0 spiro atoms. The second kappa shape index (κ2) is 18.7. The Balaban J connectivity index is 1.71. The third-order valence-corrected chi connectivity index (χ3v) is 7.76. The molecule has 1 aliphatic heterocycles. The smallest absolute Gasteiger partial charge is 0.169 e. The van der Waals surface area contributed by atoms with Gasteiger partial charge in [0, 0.05) is 20.8 Å². The second-order valence-corrected chi connectivity index (χ2v) is 10.8. The first-order valence-corrected chi connectivity index (χ1v) is 15.2. The molecular weight excluding hydrogens is 564 g/mol. The molecule has 1 N–H and O–H groups in total. The van der Waals surface area contributed by atoms with Crippen molar-refractivity contribution in [1.29, 1.82) is 0 Å². The maximum Gasteiger partial charge on any atom is 0.169 e. The Labute approximate surface area is 261 Å². The van der Waals surface area contributed by atoms with Crippen LogP contribution in [0.5, 0.6) is 0 Å². The summed E-state index contributed by atoms with van der Waals surface area (Å²) in [5.74, 6) is 0. The average molecular weight is 609 g/mol. The van der Waals surface area contributed by atoms with E-state index in [1.54, 1.807) is 14.2 Å². The van der Waals surface area contributed by atoms with Gasteiger partial charge < -0.3 is 38.6 Å². The summed E-state index contributed by atoms with van der Waals surface area (Å²) in [5.41, 5.74) is 3.50. The van der Waals surface area contributed by atoms with E-state index >= 15 is 0 Å². The van der Waals surface area contributed by atoms with Crippen molar-refractivity contribution in [3.8, 4) is 0 Å². The number of hydrogen-bond donors (Lipinski definition) is 1. The Bertz CT molecular complexity index is 1170. The Morgan fingerprint density at radius 2 is 1.12 bits per heavy atom. The van der Waals surface area contributed by atoms with Crippen molar-refractivity contribution < 1.29 is 28.4 Å². The SMILES string of the molecule is COCCOCO[C@@H]1[C@@H](OCOCCOC)[C@@H](Cc2ccccc2)NC(=S)N(Cc2ccccc2)[C@@H]1Cc1ccccc1. The van der Waals surface area contributed by atoms with Crippen molar-refractivity contribution >= 4 is 17.3 Å². The summed E-state index contributed by atoms with van der Waals surface area (Å²) in [6.45, 7) is 2.62. The van der Waals surface area contributed by atoms with Gasteiger partial charge in [0.25, 0.3) is 0 Å². The zero-order valence-electron chi connectivity index (χ0n) is 25.1. The van der Waals surface area contributed by atoms with Gasteiger partial charge >= 0.3 is 0 Å². The van der Waals surface area contributed by atoms with Crippen LogP contribution in [0.3, 0.4) is 0 Å². The van der Waals surface area contributed by atoms with Crippen molar-refractivity contribution in [2.24, 2.45) is 0 Å². The predicted octanol–water partition coefficient (Wildman–Crippen LogP) is 4.61. The van der Waals surface area contributed by atoms with Crippen LogP contribution in [-0.4, -0.2) is 88.5 Å². The van der Waals surface area contributed by atoms with Gasteiger partial charge in [-0.2, -0.15) is 0 Å². The van der Waals surface area contributed by atoms with Crippen LogP contribution in [0.1, 0.15) is 16.7 Å². The lowest BCUT2D eigenvalue weighted by atomic mass is 9.91. The molecule has 4 atom stereocenters. The molecule has 43 heavy (non-hydrogen) atoms. The molecule has 1 saturated heterocycles. The highest BCUT2D eigenvalue weighted by molar-refractivity contribution is 7.80. The van der Waals surface area contributed by atoms with Crippen LogP contribution >= 0.6 is 12.2 Å². The van der Waals surface area contributed by atoms with E-state index in [2.05, 4.69) is 70.9 Å². The molecule has 0 amide bonds. The highest BCUT2D eigenvalue weighted by Crippen LogP contribution is 2.28. The molecule has 9 heteroatoms. The van der Waals surface area contributed by atoms with Crippen molar-refractivity contribution in [3.05, 3.63) is 108 Å². The van der Waals surface area contributed by atoms with Crippen molar-refractivity contribution in [3.63, 3.8) is 0 Å². The van der Waals surface area contributed by atoms with Gasteiger partial charge in [-0.15, -0.1) is 0 Å². The van der Waals surface area contributed by atoms with E-state index in [-0.39, 0.29) is 25.7 Å². The summed E-state index contributed by atoms with van der Waals surface area (Å²) in [7, 11) is 3.31. The lowest BCUT2D eigenvalue weighted by molar-refractivity contribution is -0.187. The average Bonchev–Trinajstić information content (AvgIpc) is 3.13. The van der Waals surface area contributed by atoms with Gasteiger partial charge in [-0.1, -0.05) is 91.0 Å². The third-order valence-electron chi connectivity index (χ3n) is 7.40. The molecule has 1 heterocycles. The Morgan fingerprint density at radius 3 is 1.65 bits per heavy atom. The Hall–Kier alpha value is -2.89. The number of rotatable bonds is 18. The highest BCUT2D eigenvalue weighted by atomic mass is 32.1. The van der Waals surface area contributed by atoms with E-state index < -0.39 is 12.2 Å². The van der Waals surface area contributed by atoms with E-state index in [0.29, 0.717) is 50.9 Å². The molecule has 0 saturated carbocycles. The van der Waals surface area contributed by atoms with Gasteiger partial charge in [-0.3, -0.25) is 0 Å². The van der Waals surface area contributed by atoms with Crippen LogP contribution in [0.25, 0.3) is 0 Å². The van der Waals surface area contributed by atoms with Crippen molar-refractivity contribution in [2.45, 2.75) is 43.7 Å². The van der Waals surface area contributed by atoms with Crippen LogP contribution < -0.4 is 5.32 Å². The third kappa shape index (κ3) is 10.7. The number of hydrogen-bond acceptors (Lipinski definition) is 7. The van der Waals surface area contributed by atoms with E-state index in [4.69, 9.17) is 40.6 Å². The minimum atomic E-state index is -0.417. The molecule has 8 nitrogen and oxygen atoms in total. The van der Waals surface area contributed by atoms with Gasteiger partial charge in [0.05, 0.1) is 38.5 Å². The molecule has 3 aromatic rings. The van der Waals surface area contributed by atoms with E-state index in [1.165, 1.54) is 11.1 Å². The number of benzene rings is 3. The maximum absolute atomic E-state index is 6.65. The molecular formula is C34H44N2O6S. The minimum Gasteiger partial charge on any atom is -0.382 e. The standard InChI is InChI=1S/C34H44N2O6S/c1-37-18-20-39-25-41-32-30(22-27-12-6-3-7-13-27)35-34(43)36(24-29-16-10-5-11-17-29)31(23-28-14-8-4-9-15-28)33(32)42-26-40-21-19-38-2/h3-17,30-33H,18-26H2,1-2H3,(H,35,43)/t30-,31-,32+,33+/m1/s1. The number of ether oxygens (including phenoxy) is 6. The Kier molecular flexibility index (Phi) is 14.4. The fraction of sp³-hybridized carbons (Fsp3) is 0.441. The molecule has 0 bridgehead atoms. The summed E-state index contributed by atoms with van der Waals surface area (Å²) in [6.07, 6.45) is 0.548. The van der Waals surface area contributed by atoms with E-state index in [9.17, 15) is 0 Å². The topological polar surface area (TPSA) is 70.7 Å². The summed E-state index contributed by atoms with van der Waals surface area (Å²) in [6, 6.07) is 30.8. The second-order valence-electron chi connectivity index (χ2n) is 10.4. The maximum atomic E-state index is 6.65. The van der Waals surface area contributed by atoms with Crippen LogP contribution in [0.4, 0.5) is 0 Å². The monoisotopic (exact) mass is 608 g/mol. The summed E-state index contributed by atoms with van der Waals surface area (Å²) >= 11 is 6.15. The van der Waals surface area contributed by atoms with Gasteiger partial charge in [0.1, 0.15) is 25.8 Å². The molecule has 3 aromatic carbocycles. The first-order valence-electron chi connectivity index (χ1n) is 14.7. The van der Waals surface area contributed by atoms with Gasteiger partial charge in [0.15, 0.2) is 5.11 Å². The molecule has 0 aliphatic carbocycles. The number of methoxy groups -OCH3 is 2. The zero-order valence-corrected chi connectivity index (χ0v) is 26.0. The zero-order chi connectivity index (χ0) is 30.1. The number of nitrogens with zero attached hydrogens (tertiary/aromatic N) is 1. The largest absolute Gasteiger partial charge is 0.382 e. The molecule has 232 valence electrons. The molecule has 0 radical (unpaired) electrons. The fourth-order valence-corrected chi connectivity index (χ4v) is 5.61. The van der Waals surface area contributed by atoms with Crippen LogP contribution in [0, 0.1) is 0 Å². The summed E-state index contributed by atoms with van der Waals surface area (Å²) in [5, 5.41) is 4.33. The summed E-state index contributed by atoms with van der Waals surface area (Å²) in [4.78, 5) is 2.24. The quantitative estimate of drug-likeness (QED) is 0.127. The van der Waals surface area contributed by atoms with Gasteiger partial charge in [0.2, 0.25) is 0 Å². The lowest BCUT2D eigenvalue weighted by Gasteiger charge is -2.38. The predicted molar refractivity (Wildman–Crippen MR) is 171 cm³/mol. The fourth-order valence-electron chi connectivity index (χ4n) is 5.26. The first kappa shape index (κ1) is 33.0. The molecule has 1 aliphatic rings. The molecule has 1 fully saturated rings. The Morgan fingerprint density at radius 1 is 0.628 bits per heavy atom. The molecule has 0 unspecified atom stereocenters. The molecule has 0 aromatic heterocycles. The number of nitrogens with one attached hydrogen (secondary N) is 1. The summed E-state index contributed by atoms with van der Waals surface area (Å²) < 4.78 is 35.2. The van der Waals surface area contributed by atoms with Crippen LogP contribution in [0.2, 0.25) is 0 Å². The van der Waals surface area contributed by atoms with Gasteiger partial charge in [-0.25, -0.2) is 0 Å². The molecule has 4 rings (SSSR count). The lowest BCUT2D eigenvalue weighted by Crippen LogP contribution is -2.53. The minimum absolute atomic E-state index is 0.0910. The van der Waals surface area contributed by atoms with Crippen LogP contribution in [-0.2, 0) is 47.8 Å². The number of thiocarbonyl (C=S) groups is 1. The van der Waals surface area contributed by atoms with E-state index in [0.717, 1.165) is 5.56 Å². The van der Waals surface area contributed by atoms with E-state index in [1.807, 2.05) is 30.3 Å². The van der Waals surface area contributed by atoms with Crippen molar-refractivity contribution in [2.75, 3.05) is 54.2 Å². The highest BCUT2D eigenvalue weighted by Gasteiger charge is 2.44. The van der Waals surface area contributed by atoms with Crippen molar-refractivity contribution in [1.82, 2.24) is 10.2 Å².